The fourth-order valence-electron chi connectivity index (χ4n) is 1.00. The molecule has 0 radical (unpaired) electrons. The van der Waals surface area contributed by atoms with E-state index in [-0.39, 0.29) is 13.1 Å². The number of carbonyl (C=O) groups is 2. The van der Waals surface area contributed by atoms with Gasteiger partial charge in [0.2, 0.25) is 20.0 Å². The number of carboxylic acids is 2. The van der Waals surface area contributed by atoms with Crippen molar-refractivity contribution in [2.75, 3.05) is 24.6 Å². The highest BCUT2D eigenvalue weighted by Gasteiger charge is 2.14. The van der Waals surface area contributed by atoms with Gasteiger partial charge in [-0.1, -0.05) is 0 Å². The van der Waals surface area contributed by atoms with E-state index in [4.69, 9.17) is 10.2 Å². The molecule has 0 fully saturated rings. The third-order valence-corrected chi connectivity index (χ3v) is 4.71. The van der Waals surface area contributed by atoms with E-state index < -0.39 is 56.3 Å². The average molecular weight is 332 g/mol. The summed E-state index contributed by atoms with van der Waals surface area (Å²) in [6.45, 7) is -0.511. The van der Waals surface area contributed by atoms with Gasteiger partial charge in [-0.05, 0) is 0 Å². The second-order valence-electron chi connectivity index (χ2n) is 3.71. The van der Waals surface area contributed by atoms with Gasteiger partial charge in [-0.15, -0.1) is 0 Å². The molecule has 0 aromatic carbocycles. The molecule has 10 nitrogen and oxygen atoms in total. The molecule has 118 valence electrons. The van der Waals surface area contributed by atoms with E-state index in [1.807, 2.05) is 9.44 Å². The minimum absolute atomic E-state index is 0.256. The summed E-state index contributed by atoms with van der Waals surface area (Å²) in [5.41, 5.74) is 0. The molecular formula is C8H16N2O8S2. The fraction of sp³-hybridized carbons (Fsp3) is 0.750. The van der Waals surface area contributed by atoms with Gasteiger partial charge in [0.25, 0.3) is 0 Å². The lowest BCUT2D eigenvalue weighted by Gasteiger charge is -2.07. The number of rotatable bonds is 11. The van der Waals surface area contributed by atoms with E-state index in [1.54, 1.807) is 0 Å². The van der Waals surface area contributed by atoms with Crippen LogP contribution >= 0.6 is 0 Å². The van der Waals surface area contributed by atoms with Crippen LogP contribution in [-0.4, -0.2) is 63.6 Å². The van der Waals surface area contributed by atoms with Gasteiger partial charge in [0.15, 0.2) is 0 Å². The van der Waals surface area contributed by atoms with Crippen LogP contribution in [0.2, 0.25) is 0 Å². The molecular weight excluding hydrogens is 316 g/mol. The Morgan fingerprint density at radius 1 is 0.750 bits per heavy atom. The lowest BCUT2D eigenvalue weighted by atomic mass is 10.5. The number of carboxylic acid groups (broad SMARTS) is 2. The summed E-state index contributed by atoms with van der Waals surface area (Å²) in [6.07, 6.45) is -1.11. The third kappa shape index (κ3) is 10.7. The van der Waals surface area contributed by atoms with Crippen LogP contribution < -0.4 is 9.44 Å². The van der Waals surface area contributed by atoms with Crippen molar-refractivity contribution in [2.24, 2.45) is 0 Å². The van der Waals surface area contributed by atoms with Crippen molar-refractivity contribution in [3.8, 4) is 0 Å². The van der Waals surface area contributed by atoms with Crippen LogP contribution in [0.1, 0.15) is 12.8 Å². The highest BCUT2D eigenvalue weighted by atomic mass is 32.2. The number of hydrogen-bond donors (Lipinski definition) is 4. The molecule has 0 rings (SSSR count). The summed E-state index contributed by atoms with van der Waals surface area (Å²) in [6, 6.07) is 0. The van der Waals surface area contributed by atoms with E-state index in [9.17, 15) is 26.4 Å². The van der Waals surface area contributed by atoms with Gasteiger partial charge in [-0.2, -0.15) is 0 Å². The predicted octanol–water partition coefficient (Wildman–Crippen LogP) is -2.23. The van der Waals surface area contributed by atoms with Gasteiger partial charge in [0.05, 0.1) is 24.3 Å². The van der Waals surface area contributed by atoms with Crippen molar-refractivity contribution in [2.45, 2.75) is 12.8 Å². The Morgan fingerprint density at radius 3 is 1.30 bits per heavy atom. The van der Waals surface area contributed by atoms with Gasteiger partial charge in [0.1, 0.15) is 0 Å². The molecule has 0 aromatic heterocycles. The fourth-order valence-corrected chi connectivity index (χ4v) is 3.00. The smallest absolute Gasteiger partial charge is 0.304 e. The highest BCUT2D eigenvalue weighted by molar-refractivity contribution is 7.89. The van der Waals surface area contributed by atoms with Gasteiger partial charge in [0, 0.05) is 13.1 Å². The maximum Gasteiger partial charge on any atom is 0.304 e. The van der Waals surface area contributed by atoms with Crippen LogP contribution in [0.25, 0.3) is 0 Å². The standard InChI is InChI=1S/C8H16N2O8S2/c11-7(12)1-5-19(15,16)9-3-4-10-20(17,18)6-2-8(13)14/h9-10H,1-6H2,(H,11,12)(H,13,14). The van der Waals surface area contributed by atoms with Crippen molar-refractivity contribution in [1.82, 2.24) is 9.44 Å². The van der Waals surface area contributed by atoms with Gasteiger partial charge >= 0.3 is 11.9 Å². The molecule has 12 heteroatoms. The van der Waals surface area contributed by atoms with Crippen LogP contribution in [0.3, 0.4) is 0 Å². The molecule has 0 spiro atoms. The first-order valence-corrected chi connectivity index (χ1v) is 8.73. The van der Waals surface area contributed by atoms with E-state index in [0.717, 1.165) is 0 Å². The molecule has 0 saturated heterocycles. The maximum atomic E-state index is 11.2. The molecule has 0 aliphatic carbocycles. The van der Waals surface area contributed by atoms with Crippen molar-refractivity contribution >= 4 is 32.0 Å². The Hall–Kier alpha value is -1.24. The van der Waals surface area contributed by atoms with Gasteiger partial charge in [-0.25, -0.2) is 26.3 Å². The zero-order valence-electron chi connectivity index (χ0n) is 10.4. The Morgan fingerprint density at radius 2 is 1.05 bits per heavy atom. The minimum Gasteiger partial charge on any atom is -0.481 e. The number of sulfonamides is 2. The molecule has 0 amide bonds. The zero-order chi connectivity index (χ0) is 15.8. The monoisotopic (exact) mass is 332 g/mol. The zero-order valence-corrected chi connectivity index (χ0v) is 12.0. The molecule has 0 aliphatic rings. The maximum absolute atomic E-state index is 11.2. The summed E-state index contributed by atoms with van der Waals surface area (Å²) in [4.78, 5) is 20.4. The second-order valence-corrected chi connectivity index (χ2v) is 7.57. The van der Waals surface area contributed by atoms with Crippen LogP contribution in [0.5, 0.6) is 0 Å². The van der Waals surface area contributed by atoms with Gasteiger partial charge in [-0.3, -0.25) is 9.59 Å². The number of nitrogens with one attached hydrogen (secondary N) is 2. The van der Waals surface area contributed by atoms with E-state index in [2.05, 4.69) is 0 Å². The first-order chi connectivity index (χ1) is 9.04. The summed E-state index contributed by atoms with van der Waals surface area (Å²) in [7, 11) is -7.56. The lowest BCUT2D eigenvalue weighted by Crippen LogP contribution is -2.37. The van der Waals surface area contributed by atoms with Crippen LogP contribution in [0, 0.1) is 0 Å². The SMILES string of the molecule is O=C(O)CCS(=O)(=O)NCCNS(=O)(=O)CCC(=O)O. The Balaban J connectivity index is 4.01. The molecule has 0 aromatic rings. The molecule has 0 saturated carbocycles. The molecule has 20 heavy (non-hydrogen) atoms. The Kier molecular flexibility index (Phi) is 7.63. The highest BCUT2D eigenvalue weighted by Crippen LogP contribution is 1.91. The first-order valence-electron chi connectivity index (χ1n) is 5.42. The van der Waals surface area contributed by atoms with E-state index >= 15 is 0 Å². The molecule has 0 bridgehead atoms. The quantitative estimate of drug-likeness (QED) is 0.308. The first kappa shape index (κ1) is 18.8. The normalized spacial score (nSPS) is 12.2. The van der Waals surface area contributed by atoms with Crippen molar-refractivity contribution in [1.29, 1.82) is 0 Å². The van der Waals surface area contributed by atoms with E-state index in [1.165, 1.54) is 0 Å². The van der Waals surface area contributed by atoms with E-state index in [0.29, 0.717) is 0 Å². The Labute approximate surface area is 116 Å². The van der Waals surface area contributed by atoms with Crippen molar-refractivity contribution in [3.05, 3.63) is 0 Å². The average Bonchev–Trinajstić information content (AvgIpc) is 2.30. The molecule has 4 N–H and O–H groups in total. The molecule has 0 aliphatic heterocycles. The largest absolute Gasteiger partial charge is 0.481 e. The van der Waals surface area contributed by atoms with Crippen molar-refractivity contribution in [3.63, 3.8) is 0 Å². The molecule has 0 heterocycles. The summed E-state index contributed by atoms with van der Waals surface area (Å²) >= 11 is 0. The van der Waals surface area contributed by atoms with Crippen LogP contribution in [0.4, 0.5) is 0 Å². The summed E-state index contributed by atoms with van der Waals surface area (Å²) in [5, 5.41) is 16.7. The van der Waals surface area contributed by atoms with Crippen LogP contribution in [-0.2, 0) is 29.6 Å². The minimum atomic E-state index is -3.78. The lowest BCUT2D eigenvalue weighted by molar-refractivity contribution is -0.137. The molecule has 0 unspecified atom stereocenters. The molecule has 0 atom stereocenters. The summed E-state index contributed by atoms with van der Waals surface area (Å²) in [5.74, 6) is -3.73. The third-order valence-electron chi connectivity index (χ3n) is 1.94. The Bertz CT molecular complexity index is 489. The second kappa shape index (κ2) is 8.14. The number of hydrogen-bond acceptors (Lipinski definition) is 6. The predicted molar refractivity (Wildman–Crippen MR) is 68.1 cm³/mol. The van der Waals surface area contributed by atoms with Crippen molar-refractivity contribution < 1.29 is 36.6 Å². The number of aliphatic carboxylic acids is 2. The van der Waals surface area contributed by atoms with Gasteiger partial charge < -0.3 is 10.2 Å². The van der Waals surface area contributed by atoms with Crippen LogP contribution in [0.15, 0.2) is 0 Å². The topological polar surface area (TPSA) is 167 Å². The summed E-state index contributed by atoms with van der Waals surface area (Å²) < 4.78 is 49.0.